The molecule has 6 heteroatoms. The van der Waals surface area contributed by atoms with Gasteiger partial charge in [-0.1, -0.05) is 46.3 Å². The lowest BCUT2D eigenvalue weighted by atomic mass is 10.2. The number of amides is 2. The Labute approximate surface area is 143 Å². The molecule has 23 heavy (non-hydrogen) atoms. The van der Waals surface area contributed by atoms with Gasteiger partial charge in [-0.15, -0.1) is 0 Å². The molecule has 0 aliphatic rings. The molecule has 2 amide bonds. The van der Waals surface area contributed by atoms with Crippen LogP contribution in [0.25, 0.3) is 0 Å². The minimum absolute atomic E-state index is 0.171. The van der Waals surface area contributed by atoms with Crippen LogP contribution in [0.1, 0.15) is 12.0 Å². The van der Waals surface area contributed by atoms with Crippen molar-refractivity contribution < 1.29 is 14.3 Å². The lowest BCUT2D eigenvalue weighted by molar-refractivity contribution is -0.116. The van der Waals surface area contributed by atoms with Gasteiger partial charge >= 0.3 is 6.09 Å². The van der Waals surface area contributed by atoms with Gasteiger partial charge in [-0.25, -0.2) is 4.79 Å². The van der Waals surface area contributed by atoms with Crippen molar-refractivity contribution in [1.82, 2.24) is 5.32 Å². The Balaban J connectivity index is 1.63. The molecule has 0 aromatic heterocycles. The second-order valence-electron chi connectivity index (χ2n) is 4.79. The minimum Gasteiger partial charge on any atom is -0.445 e. The fourth-order valence-corrected chi connectivity index (χ4v) is 2.07. The molecule has 120 valence electrons. The van der Waals surface area contributed by atoms with Crippen LogP contribution < -0.4 is 10.6 Å². The highest BCUT2D eigenvalue weighted by molar-refractivity contribution is 9.10. The largest absolute Gasteiger partial charge is 0.445 e. The molecular formula is C17H17BrN2O3. The molecule has 0 saturated heterocycles. The van der Waals surface area contributed by atoms with Crippen LogP contribution in [0.3, 0.4) is 0 Å². The number of rotatable bonds is 6. The van der Waals surface area contributed by atoms with E-state index < -0.39 is 6.09 Å². The summed E-state index contributed by atoms with van der Waals surface area (Å²) in [6, 6.07) is 16.7. The van der Waals surface area contributed by atoms with Gasteiger partial charge in [0.05, 0.1) is 0 Å². The van der Waals surface area contributed by atoms with Crippen molar-refractivity contribution in [2.24, 2.45) is 0 Å². The molecule has 2 aromatic rings. The van der Waals surface area contributed by atoms with Crippen molar-refractivity contribution in [2.45, 2.75) is 13.0 Å². The van der Waals surface area contributed by atoms with Crippen LogP contribution in [0, 0.1) is 0 Å². The van der Waals surface area contributed by atoms with Crippen molar-refractivity contribution in [3.63, 3.8) is 0 Å². The molecule has 0 bridgehead atoms. The van der Waals surface area contributed by atoms with Crippen molar-refractivity contribution in [2.75, 3.05) is 11.9 Å². The van der Waals surface area contributed by atoms with Gasteiger partial charge in [-0.2, -0.15) is 0 Å². The molecule has 0 aliphatic heterocycles. The van der Waals surface area contributed by atoms with Crippen LogP contribution in [0.5, 0.6) is 0 Å². The van der Waals surface area contributed by atoms with Gasteiger partial charge < -0.3 is 15.4 Å². The second kappa shape index (κ2) is 8.95. The Hall–Kier alpha value is -2.34. The highest BCUT2D eigenvalue weighted by atomic mass is 79.9. The zero-order valence-corrected chi connectivity index (χ0v) is 14.0. The Kier molecular flexibility index (Phi) is 6.62. The topological polar surface area (TPSA) is 67.4 Å². The average molecular weight is 377 g/mol. The molecule has 0 heterocycles. The summed E-state index contributed by atoms with van der Waals surface area (Å²) in [5.41, 5.74) is 1.63. The first-order valence-electron chi connectivity index (χ1n) is 7.13. The van der Waals surface area contributed by atoms with Crippen LogP contribution in [0.15, 0.2) is 59.1 Å². The van der Waals surface area contributed by atoms with Gasteiger partial charge in [0.25, 0.3) is 0 Å². The zero-order chi connectivity index (χ0) is 16.5. The average Bonchev–Trinajstić information content (AvgIpc) is 2.56. The van der Waals surface area contributed by atoms with E-state index in [1.165, 1.54) is 0 Å². The normalized spacial score (nSPS) is 9.96. The Morgan fingerprint density at radius 1 is 1.00 bits per heavy atom. The minimum atomic E-state index is -0.537. The predicted octanol–water partition coefficient (Wildman–Crippen LogP) is 3.70. The molecular weight excluding hydrogens is 360 g/mol. The zero-order valence-electron chi connectivity index (χ0n) is 12.4. The molecule has 0 atom stereocenters. The molecule has 2 rings (SSSR count). The molecule has 0 unspecified atom stereocenters. The van der Waals surface area contributed by atoms with E-state index in [-0.39, 0.29) is 25.5 Å². The van der Waals surface area contributed by atoms with E-state index in [0.29, 0.717) is 5.69 Å². The fourth-order valence-electron chi connectivity index (χ4n) is 1.81. The lowest BCUT2D eigenvalue weighted by Gasteiger charge is -2.08. The molecule has 2 N–H and O–H groups in total. The molecule has 0 aliphatic carbocycles. The van der Waals surface area contributed by atoms with Gasteiger partial charge in [-0.3, -0.25) is 4.79 Å². The van der Waals surface area contributed by atoms with Crippen LogP contribution in [-0.2, 0) is 16.1 Å². The van der Waals surface area contributed by atoms with E-state index in [0.717, 1.165) is 10.0 Å². The molecule has 5 nitrogen and oxygen atoms in total. The first kappa shape index (κ1) is 17.0. The van der Waals surface area contributed by atoms with Gasteiger partial charge in [0.1, 0.15) is 6.61 Å². The SMILES string of the molecule is O=C(CCNC(=O)OCc1ccccc1)Nc1ccc(Br)cc1. The predicted molar refractivity (Wildman–Crippen MR) is 92.0 cm³/mol. The van der Waals surface area contributed by atoms with Crippen LogP contribution in [0.4, 0.5) is 10.5 Å². The number of hydrogen-bond acceptors (Lipinski definition) is 3. The first-order valence-corrected chi connectivity index (χ1v) is 7.93. The third-order valence-electron chi connectivity index (χ3n) is 2.96. The molecule has 0 fully saturated rings. The van der Waals surface area contributed by atoms with Crippen molar-refractivity contribution in [1.29, 1.82) is 0 Å². The third kappa shape index (κ3) is 6.52. The van der Waals surface area contributed by atoms with Gasteiger partial charge in [0.2, 0.25) is 5.91 Å². The van der Waals surface area contributed by atoms with Gasteiger partial charge in [0.15, 0.2) is 0 Å². The summed E-state index contributed by atoms with van der Waals surface area (Å²) < 4.78 is 6.00. The summed E-state index contributed by atoms with van der Waals surface area (Å²) in [6.45, 7) is 0.424. The summed E-state index contributed by atoms with van der Waals surface area (Å²) in [5, 5.41) is 5.30. The number of hydrogen-bond donors (Lipinski definition) is 2. The maximum absolute atomic E-state index is 11.7. The van der Waals surface area contributed by atoms with Gasteiger partial charge in [0, 0.05) is 23.1 Å². The number of nitrogens with one attached hydrogen (secondary N) is 2. The van der Waals surface area contributed by atoms with Gasteiger partial charge in [-0.05, 0) is 29.8 Å². The lowest BCUT2D eigenvalue weighted by Crippen LogP contribution is -2.28. The molecule has 0 saturated carbocycles. The molecule has 0 radical (unpaired) electrons. The highest BCUT2D eigenvalue weighted by Crippen LogP contribution is 2.14. The number of carbonyl (C=O) groups is 2. The maximum Gasteiger partial charge on any atom is 0.407 e. The van der Waals surface area contributed by atoms with Crippen molar-refractivity contribution >= 4 is 33.6 Å². The first-order chi connectivity index (χ1) is 11.1. The summed E-state index contributed by atoms with van der Waals surface area (Å²) in [5.74, 6) is -0.171. The summed E-state index contributed by atoms with van der Waals surface area (Å²) in [4.78, 5) is 23.3. The van der Waals surface area contributed by atoms with Crippen molar-refractivity contribution in [3.05, 3.63) is 64.6 Å². The second-order valence-corrected chi connectivity index (χ2v) is 5.71. The Morgan fingerprint density at radius 3 is 2.39 bits per heavy atom. The van der Waals surface area contributed by atoms with E-state index in [4.69, 9.17) is 4.74 Å². The quantitative estimate of drug-likeness (QED) is 0.807. The smallest absolute Gasteiger partial charge is 0.407 e. The number of anilines is 1. The molecule has 2 aromatic carbocycles. The Bertz CT molecular complexity index is 645. The fraction of sp³-hybridized carbons (Fsp3) is 0.176. The number of alkyl carbamates (subject to hydrolysis) is 1. The Morgan fingerprint density at radius 2 is 1.70 bits per heavy atom. The van der Waals surface area contributed by atoms with E-state index in [2.05, 4.69) is 26.6 Å². The third-order valence-corrected chi connectivity index (χ3v) is 3.49. The monoisotopic (exact) mass is 376 g/mol. The van der Waals surface area contributed by atoms with E-state index in [9.17, 15) is 9.59 Å². The van der Waals surface area contributed by atoms with Crippen LogP contribution in [-0.4, -0.2) is 18.5 Å². The molecule has 0 spiro atoms. The highest BCUT2D eigenvalue weighted by Gasteiger charge is 2.05. The number of carbonyl (C=O) groups excluding carboxylic acids is 2. The number of ether oxygens (including phenoxy) is 1. The maximum atomic E-state index is 11.7. The van der Waals surface area contributed by atoms with E-state index in [1.54, 1.807) is 12.1 Å². The van der Waals surface area contributed by atoms with Crippen LogP contribution >= 0.6 is 15.9 Å². The van der Waals surface area contributed by atoms with E-state index in [1.807, 2.05) is 42.5 Å². The standard InChI is InChI=1S/C17H17BrN2O3/c18-14-6-8-15(9-7-14)20-16(21)10-11-19-17(22)23-12-13-4-2-1-3-5-13/h1-9H,10-12H2,(H,19,22)(H,20,21). The summed E-state index contributed by atoms with van der Waals surface area (Å²) in [7, 11) is 0. The van der Waals surface area contributed by atoms with Crippen LogP contribution in [0.2, 0.25) is 0 Å². The summed E-state index contributed by atoms with van der Waals surface area (Å²) in [6.07, 6.45) is -0.360. The number of halogens is 1. The number of benzene rings is 2. The van der Waals surface area contributed by atoms with E-state index >= 15 is 0 Å². The summed E-state index contributed by atoms with van der Waals surface area (Å²) >= 11 is 3.33. The van der Waals surface area contributed by atoms with Crippen molar-refractivity contribution in [3.8, 4) is 0 Å².